The fraction of sp³-hybridized carbons (Fsp3) is 0.308. The van der Waals surface area contributed by atoms with Crippen molar-refractivity contribution in [1.29, 1.82) is 0 Å². The Bertz CT molecular complexity index is 459. The molecule has 0 fully saturated rings. The summed E-state index contributed by atoms with van der Waals surface area (Å²) in [5.41, 5.74) is 0.748. The largest absolute Gasteiger partial charge is 0.326 e. The molecule has 1 N–H and O–H groups in total. The minimum absolute atomic E-state index is 0.0766. The van der Waals surface area contributed by atoms with Crippen LogP contribution in [0, 0.1) is 5.92 Å². The molecule has 1 aromatic rings. The third kappa shape index (κ3) is 3.33. The zero-order valence-electron chi connectivity index (χ0n) is 9.25. The first-order valence-corrected chi connectivity index (χ1v) is 6.75. The summed E-state index contributed by atoms with van der Waals surface area (Å²) >= 11 is 9.29. The number of nitrogens with one attached hydrogen (secondary N) is 1. The van der Waals surface area contributed by atoms with Crippen LogP contribution in [0.1, 0.15) is 19.3 Å². The normalized spacial score (nSPS) is 19.1. The van der Waals surface area contributed by atoms with Crippen molar-refractivity contribution in [1.82, 2.24) is 0 Å². The molecule has 1 aliphatic rings. The summed E-state index contributed by atoms with van der Waals surface area (Å²) in [6.45, 7) is 0. The minimum atomic E-state index is 0.0766. The highest BCUT2D eigenvalue weighted by molar-refractivity contribution is 9.10. The van der Waals surface area contributed by atoms with Gasteiger partial charge in [0, 0.05) is 16.1 Å². The van der Waals surface area contributed by atoms with Gasteiger partial charge in [-0.25, -0.2) is 0 Å². The van der Waals surface area contributed by atoms with Gasteiger partial charge >= 0.3 is 0 Å². The molecule has 0 saturated heterocycles. The summed E-state index contributed by atoms with van der Waals surface area (Å²) < 4.78 is 0.831. The van der Waals surface area contributed by atoms with E-state index in [1.165, 1.54) is 0 Å². The molecule has 0 saturated carbocycles. The number of halogens is 2. The summed E-state index contributed by atoms with van der Waals surface area (Å²) in [5, 5.41) is 3.50. The molecule has 2 rings (SSSR count). The Labute approximate surface area is 114 Å². The molecular weight excluding hydrogens is 302 g/mol. The number of carbonyl (C=O) groups excluding carboxylic acids is 1. The Morgan fingerprint density at radius 2 is 2.24 bits per heavy atom. The van der Waals surface area contributed by atoms with E-state index in [1.807, 2.05) is 12.1 Å². The number of allylic oxidation sites excluding steroid dienone is 2. The SMILES string of the molecule is O=C(Nc1ccc(Br)c(Cl)c1)C1CC=CCC1. The maximum Gasteiger partial charge on any atom is 0.227 e. The van der Waals surface area contributed by atoms with Crippen LogP contribution in [0.3, 0.4) is 0 Å². The average Bonchev–Trinajstić information content (AvgIpc) is 2.35. The maximum absolute atomic E-state index is 12.0. The van der Waals surface area contributed by atoms with Crippen molar-refractivity contribution in [3.05, 3.63) is 39.8 Å². The van der Waals surface area contributed by atoms with Crippen molar-refractivity contribution < 1.29 is 4.79 Å². The Morgan fingerprint density at radius 3 is 2.88 bits per heavy atom. The second-order valence-electron chi connectivity index (χ2n) is 4.10. The highest BCUT2D eigenvalue weighted by atomic mass is 79.9. The van der Waals surface area contributed by atoms with E-state index in [0.29, 0.717) is 5.02 Å². The quantitative estimate of drug-likeness (QED) is 0.806. The predicted octanol–water partition coefficient (Wildman–Crippen LogP) is 4.40. The molecule has 0 aromatic heterocycles. The van der Waals surface area contributed by atoms with Crippen LogP contribution in [0.5, 0.6) is 0 Å². The molecule has 90 valence electrons. The summed E-state index contributed by atoms with van der Waals surface area (Å²) in [4.78, 5) is 12.0. The van der Waals surface area contributed by atoms with Gasteiger partial charge in [0.25, 0.3) is 0 Å². The number of amides is 1. The number of carbonyl (C=O) groups is 1. The van der Waals surface area contributed by atoms with Gasteiger partial charge in [0.2, 0.25) is 5.91 Å². The van der Waals surface area contributed by atoms with E-state index in [4.69, 9.17) is 11.6 Å². The minimum Gasteiger partial charge on any atom is -0.326 e. The highest BCUT2D eigenvalue weighted by Gasteiger charge is 2.18. The van der Waals surface area contributed by atoms with Gasteiger partial charge < -0.3 is 5.32 Å². The van der Waals surface area contributed by atoms with E-state index < -0.39 is 0 Å². The lowest BCUT2D eigenvalue weighted by molar-refractivity contribution is -0.120. The van der Waals surface area contributed by atoms with Gasteiger partial charge in [-0.05, 0) is 53.4 Å². The first-order valence-electron chi connectivity index (χ1n) is 5.58. The van der Waals surface area contributed by atoms with Crippen molar-refractivity contribution in [2.75, 3.05) is 5.32 Å². The van der Waals surface area contributed by atoms with E-state index in [2.05, 4.69) is 33.4 Å². The van der Waals surface area contributed by atoms with Crippen molar-refractivity contribution in [2.45, 2.75) is 19.3 Å². The molecule has 1 atom stereocenters. The number of rotatable bonds is 2. The Morgan fingerprint density at radius 1 is 1.41 bits per heavy atom. The van der Waals surface area contributed by atoms with Crippen LogP contribution in [-0.2, 0) is 4.79 Å². The van der Waals surface area contributed by atoms with E-state index in [-0.39, 0.29) is 11.8 Å². The molecule has 0 aliphatic heterocycles. The summed E-state index contributed by atoms with van der Waals surface area (Å²) in [5.74, 6) is 0.162. The van der Waals surface area contributed by atoms with Gasteiger partial charge in [-0.15, -0.1) is 0 Å². The lowest BCUT2D eigenvalue weighted by Gasteiger charge is -2.17. The van der Waals surface area contributed by atoms with Gasteiger partial charge in [0.15, 0.2) is 0 Å². The maximum atomic E-state index is 12.0. The fourth-order valence-electron chi connectivity index (χ4n) is 1.85. The van der Waals surface area contributed by atoms with Gasteiger partial charge in [-0.2, -0.15) is 0 Å². The zero-order valence-corrected chi connectivity index (χ0v) is 11.6. The van der Waals surface area contributed by atoms with Gasteiger partial charge in [0.1, 0.15) is 0 Å². The third-order valence-electron chi connectivity index (χ3n) is 2.83. The number of benzene rings is 1. The molecule has 0 heterocycles. The molecule has 1 unspecified atom stereocenters. The Hall–Kier alpha value is -0.800. The molecule has 2 nitrogen and oxygen atoms in total. The van der Waals surface area contributed by atoms with Crippen molar-refractivity contribution in [2.24, 2.45) is 5.92 Å². The van der Waals surface area contributed by atoms with Gasteiger partial charge in [0.05, 0.1) is 5.02 Å². The standard InChI is InChI=1S/C13H13BrClNO/c14-11-7-6-10(8-12(11)15)16-13(17)9-4-2-1-3-5-9/h1-2,6-9H,3-5H2,(H,16,17). The topological polar surface area (TPSA) is 29.1 Å². The fourth-order valence-corrected chi connectivity index (χ4v) is 2.28. The van der Waals surface area contributed by atoms with E-state index >= 15 is 0 Å². The van der Waals surface area contributed by atoms with Crippen LogP contribution in [-0.4, -0.2) is 5.91 Å². The molecule has 1 aliphatic carbocycles. The smallest absolute Gasteiger partial charge is 0.227 e. The zero-order chi connectivity index (χ0) is 12.3. The predicted molar refractivity (Wildman–Crippen MR) is 74.3 cm³/mol. The lowest BCUT2D eigenvalue weighted by Crippen LogP contribution is -2.23. The molecule has 17 heavy (non-hydrogen) atoms. The van der Waals surface area contributed by atoms with Crippen LogP contribution in [0.2, 0.25) is 5.02 Å². The summed E-state index contributed by atoms with van der Waals surface area (Å²) in [7, 11) is 0. The molecule has 1 aromatic carbocycles. The van der Waals surface area contributed by atoms with Crippen LogP contribution in [0.15, 0.2) is 34.8 Å². The average molecular weight is 315 g/mol. The Balaban J connectivity index is 2.02. The van der Waals surface area contributed by atoms with Crippen LogP contribution in [0.4, 0.5) is 5.69 Å². The lowest BCUT2D eigenvalue weighted by atomic mass is 9.93. The van der Waals surface area contributed by atoms with Crippen LogP contribution >= 0.6 is 27.5 Å². The summed E-state index contributed by atoms with van der Waals surface area (Å²) in [6, 6.07) is 5.42. The third-order valence-corrected chi connectivity index (χ3v) is 4.06. The number of hydrogen-bond donors (Lipinski definition) is 1. The molecule has 1 amide bonds. The van der Waals surface area contributed by atoms with Crippen molar-refractivity contribution >= 4 is 39.1 Å². The molecule has 0 bridgehead atoms. The molecule has 0 radical (unpaired) electrons. The first-order chi connectivity index (χ1) is 8.16. The van der Waals surface area contributed by atoms with E-state index in [1.54, 1.807) is 6.07 Å². The first kappa shape index (κ1) is 12.7. The van der Waals surface area contributed by atoms with E-state index in [9.17, 15) is 4.79 Å². The van der Waals surface area contributed by atoms with Crippen LogP contribution in [0.25, 0.3) is 0 Å². The monoisotopic (exact) mass is 313 g/mol. The van der Waals surface area contributed by atoms with E-state index in [0.717, 1.165) is 29.4 Å². The Kier molecular flexibility index (Phi) is 4.24. The van der Waals surface area contributed by atoms with Crippen molar-refractivity contribution in [3.8, 4) is 0 Å². The molecular formula is C13H13BrClNO. The van der Waals surface area contributed by atoms with Gasteiger partial charge in [-0.1, -0.05) is 23.8 Å². The summed E-state index contributed by atoms with van der Waals surface area (Å²) in [6.07, 6.45) is 6.93. The highest BCUT2D eigenvalue weighted by Crippen LogP contribution is 2.26. The number of hydrogen-bond acceptors (Lipinski definition) is 1. The molecule has 4 heteroatoms. The second kappa shape index (κ2) is 5.69. The van der Waals surface area contributed by atoms with Gasteiger partial charge in [-0.3, -0.25) is 4.79 Å². The molecule has 0 spiro atoms. The number of anilines is 1. The second-order valence-corrected chi connectivity index (χ2v) is 5.36. The van der Waals surface area contributed by atoms with Crippen LogP contribution < -0.4 is 5.32 Å². The van der Waals surface area contributed by atoms with Crippen molar-refractivity contribution in [3.63, 3.8) is 0 Å².